The highest BCUT2D eigenvalue weighted by molar-refractivity contribution is 6.36. The monoisotopic (exact) mass is 502 g/mol. The standard InChI is InChI=1S/C25H21Cl3N2O3/c1-25(2)9-19(31)23-21(10-25)33-24(30)15(11-29)22(23)14-8-13(26)6-7-20(14)32-12-16-17(27)4-3-5-18(16)28/h3-8,22H,9-10,12,30H2,1-2H3. The van der Waals surface area contributed by atoms with Crippen molar-refractivity contribution in [1.82, 2.24) is 0 Å². The lowest BCUT2D eigenvalue weighted by atomic mass is 9.70. The van der Waals surface area contributed by atoms with Gasteiger partial charge in [-0.25, -0.2) is 0 Å². The van der Waals surface area contributed by atoms with Crippen molar-refractivity contribution in [1.29, 1.82) is 5.26 Å². The second-order valence-corrected chi connectivity index (χ2v) is 10.1. The van der Waals surface area contributed by atoms with Gasteiger partial charge in [0.15, 0.2) is 5.78 Å². The zero-order valence-electron chi connectivity index (χ0n) is 18.0. The average molecular weight is 504 g/mol. The van der Waals surface area contributed by atoms with E-state index in [1.165, 1.54) is 0 Å². The summed E-state index contributed by atoms with van der Waals surface area (Å²) in [5.74, 6) is 0.0568. The van der Waals surface area contributed by atoms with Gasteiger partial charge < -0.3 is 15.2 Å². The molecular formula is C25H21Cl3N2O3. The molecule has 4 rings (SSSR count). The molecule has 2 aromatic carbocycles. The van der Waals surface area contributed by atoms with Crippen molar-refractivity contribution in [2.75, 3.05) is 0 Å². The summed E-state index contributed by atoms with van der Waals surface area (Å²) in [6.07, 6.45) is 0.853. The maximum atomic E-state index is 13.2. The lowest BCUT2D eigenvalue weighted by Crippen LogP contribution is -2.33. The fourth-order valence-electron chi connectivity index (χ4n) is 4.29. The molecule has 2 N–H and O–H groups in total. The Kier molecular flexibility index (Phi) is 6.37. The number of Topliss-reactive ketones (excluding diaryl/α,β-unsaturated/α-hetero) is 1. The number of carbonyl (C=O) groups is 1. The van der Waals surface area contributed by atoms with E-state index in [4.69, 9.17) is 50.0 Å². The molecule has 1 unspecified atom stereocenters. The molecule has 0 aromatic heterocycles. The van der Waals surface area contributed by atoms with E-state index in [0.29, 0.717) is 56.1 Å². The molecule has 0 amide bonds. The summed E-state index contributed by atoms with van der Waals surface area (Å²) in [6.45, 7) is 4.08. The Labute approximate surface area is 207 Å². The van der Waals surface area contributed by atoms with Gasteiger partial charge in [-0.3, -0.25) is 4.79 Å². The molecule has 33 heavy (non-hydrogen) atoms. The van der Waals surface area contributed by atoms with Gasteiger partial charge in [-0.2, -0.15) is 5.26 Å². The molecule has 2 aliphatic rings. The summed E-state index contributed by atoms with van der Waals surface area (Å²) in [7, 11) is 0. The number of ether oxygens (including phenoxy) is 2. The van der Waals surface area contributed by atoms with E-state index in [0.717, 1.165) is 0 Å². The molecule has 5 nitrogen and oxygen atoms in total. The molecule has 0 spiro atoms. The van der Waals surface area contributed by atoms with Crippen LogP contribution in [0.2, 0.25) is 15.1 Å². The Hall–Kier alpha value is -2.65. The molecule has 8 heteroatoms. The van der Waals surface area contributed by atoms with Gasteiger partial charge >= 0.3 is 0 Å². The number of rotatable bonds is 4. The molecular weight excluding hydrogens is 483 g/mol. The van der Waals surface area contributed by atoms with Crippen LogP contribution in [-0.2, 0) is 16.1 Å². The first kappa shape index (κ1) is 23.5. The predicted octanol–water partition coefficient (Wildman–Crippen LogP) is 6.68. The molecule has 170 valence electrons. The molecule has 2 aromatic rings. The molecule has 0 bridgehead atoms. The molecule has 1 atom stereocenters. The second kappa shape index (κ2) is 8.95. The average Bonchev–Trinajstić information content (AvgIpc) is 2.72. The molecule has 1 aliphatic carbocycles. The second-order valence-electron chi connectivity index (χ2n) is 8.87. The quantitative estimate of drug-likeness (QED) is 0.503. The van der Waals surface area contributed by atoms with Gasteiger partial charge in [-0.15, -0.1) is 0 Å². The number of nitriles is 1. The van der Waals surface area contributed by atoms with Crippen molar-refractivity contribution >= 4 is 40.6 Å². The largest absolute Gasteiger partial charge is 0.488 e. The van der Waals surface area contributed by atoms with Crippen molar-refractivity contribution in [2.24, 2.45) is 11.1 Å². The third kappa shape index (κ3) is 4.56. The lowest BCUT2D eigenvalue weighted by Gasteiger charge is -2.37. The van der Waals surface area contributed by atoms with E-state index in [9.17, 15) is 10.1 Å². The van der Waals surface area contributed by atoms with Crippen molar-refractivity contribution in [2.45, 2.75) is 39.2 Å². The third-order valence-electron chi connectivity index (χ3n) is 5.79. The van der Waals surface area contributed by atoms with Crippen LogP contribution in [0.25, 0.3) is 0 Å². The van der Waals surface area contributed by atoms with Crippen molar-refractivity contribution in [3.63, 3.8) is 0 Å². The Bertz CT molecular complexity index is 1240. The Morgan fingerprint density at radius 3 is 2.55 bits per heavy atom. The molecule has 0 fully saturated rings. The van der Waals surface area contributed by atoms with Crippen molar-refractivity contribution < 1.29 is 14.3 Å². The van der Waals surface area contributed by atoms with Crippen molar-refractivity contribution in [3.05, 3.63) is 85.4 Å². The smallest absolute Gasteiger partial charge is 0.205 e. The topological polar surface area (TPSA) is 85.3 Å². The normalized spacial score (nSPS) is 19.6. The SMILES string of the molecule is CC1(C)CC(=O)C2=C(C1)OC(N)=C(C#N)C2c1cc(Cl)ccc1OCc1c(Cl)cccc1Cl. The molecule has 1 aliphatic heterocycles. The first-order valence-corrected chi connectivity index (χ1v) is 11.4. The minimum Gasteiger partial charge on any atom is -0.488 e. The first-order valence-electron chi connectivity index (χ1n) is 10.3. The number of hydrogen-bond donors (Lipinski definition) is 1. The number of nitrogens with zero attached hydrogens (tertiary/aromatic N) is 1. The van der Waals surface area contributed by atoms with Crippen LogP contribution in [0.4, 0.5) is 0 Å². The number of benzene rings is 2. The minimum atomic E-state index is -0.752. The molecule has 0 radical (unpaired) electrons. The highest BCUT2D eigenvalue weighted by atomic mass is 35.5. The maximum Gasteiger partial charge on any atom is 0.205 e. The van der Waals surface area contributed by atoms with E-state index in [-0.39, 0.29) is 29.3 Å². The minimum absolute atomic E-state index is 0.0215. The van der Waals surface area contributed by atoms with Gasteiger partial charge in [0.2, 0.25) is 5.88 Å². The molecule has 1 heterocycles. The van der Waals surface area contributed by atoms with Gasteiger partial charge in [0, 0.05) is 44.6 Å². The molecule has 0 saturated heterocycles. The summed E-state index contributed by atoms with van der Waals surface area (Å²) in [6, 6.07) is 12.4. The van der Waals surface area contributed by atoms with Gasteiger partial charge in [0.1, 0.15) is 29.8 Å². The van der Waals surface area contributed by atoms with E-state index in [1.807, 2.05) is 13.8 Å². The fraction of sp³-hybridized carbons (Fsp3) is 0.280. The maximum absolute atomic E-state index is 13.2. The lowest BCUT2D eigenvalue weighted by molar-refractivity contribution is -0.119. The van der Waals surface area contributed by atoms with Crippen LogP contribution in [0.3, 0.4) is 0 Å². The summed E-state index contributed by atoms with van der Waals surface area (Å²) < 4.78 is 11.9. The third-order valence-corrected chi connectivity index (χ3v) is 6.74. The van der Waals surface area contributed by atoms with Gasteiger partial charge in [-0.1, -0.05) is 54.7 Å². The number of nitrogens with two attached hydrogens (primary N) is 1. The van der Waals surface area contributed by atoms with Crippen LogP contribution in [0.5, 0.6) is 5.75 Å². The summed E-state index contributed by atoms with van der Waals surface area (Å²) >= 11 is 18.9. The zero-order valence-corrected chi connectivity index (χ0v) is 20.3. The highest BCUT2D eigenvalue weighted by Crippen LogP contribution is 2.50. The summed E-state index contributed by atoms with van der Waals surface area (Å²) in [4.78, 5) is 13.2. The number of halogens is 3. The predicted molar refractivity (Wildman–Crippen MR) is 128 cm³/mol. The van der Waals surface area contributed by atoms with Crippen LogP contribution in [-0.4, -0.2) is 5.78 Å². The molecule has 0 saturated carbocycles. The van der Waals surface area contributed by atoms with Crippen LogP contribution < -0.4 is 10.5 Å². The van der Waals surface area contributed by atoms with E-state index in [2.05, 4.69) is 6.07 Å². The van der Waals surface area contributed by atoms with Gasteiger partial charge in [0.25, 0.3) is 0 Å². The Balaban J connectivity index is 1.82. The van der Waals surface area contributed by atoms with Crippen LogP contribution in [0, 0.1) is 16.7 Å². The van der Waals surface area contributed by atoms with E-state index in [1.54, 1.807) is 36.4 Å². The number of allylic oxidation sites excluding steroid dienone is 3. The van der Waals surface area contributed by atoms with Crippen LogP contribution in [0.15, 0.2) is 59.2 Å². The van der Waals surface area contributed by atoms with Crippen LogP contribution in [0.1, 0.15) is 43.7 Å². The zero-order chi connectivity index (χ0) is 23.9. The summed E-state index contributed by atoms with van der Waals surface area (Å²) in [5, 5.41) is 11.3. The highest BCUT2D eigenvalue weighted by Gasteiger charge is 2.43. The summed E-state index contributed by atoms with van der Waals surface area (Å²) in [5.41, 5.74) is 7.59. The van der Waals surface area contributed by atoms with E-state index < -0.39 is 5.92 Å². The first-order chi connectivity index (χ1) is 15.6. The van der Waals surface area contributed by atoms with Gasteiger partial charge in [0.05, 0.1) is 5.92 Å². The Morgan fingerprint density at radius 1 is 1.18 bits per heavy atom. The number of hydrogen-bond acceptors (Lipinski definition) is 5. The number of carbonyl (C=O) groups excluding carboxylic acids is 1. The Morgan fingerprint density at radius 2 is 1.88 bits per heavy atom. The van der Waals surface area contributed by atoms with Crippen molar-refractivity contribution in [3.8, 4) is 11.8 Å². The van der Waals surface area contributed by atoms with Crippen LogP contribution >= 0.6 is 34.8 Å². The van der Waals surface area contributed by atoms with E-state index >= 15 is 0 Å². The van der Waals surface area contributed by atoms with Gasteiger partial charge in [-0.05, 0) is 35.7 Å². The number of ketones is 1. The fourth-order valence-corrected chi connectivity index (χ4v) is 4.98.